The molecule has 1 aliphatic rings. The maximum Gasteiger partial charge on any atom is 0.323 e. The summed E-state index contributed by atoms with van der Waals surface area (Å²) >= 11 is 0. The summed E-state index contributed by atoms with van der Waals surface area (Å²) in [6, 6.07) is -0.00708. The van der Waals surface area contributed by atoms with Crippen molar-refractivity contribution in [3.05, 3.63) is 0 Å². The van der Waals surface area contributed by atoms with Crippen molar-refractivity contribution in [2.75, 3.05) is 6.54 Å². The molecule has 1 atom stereocenters. The molecule has 1 unspecified atom stereocenters. The summed E-state index contributed by atoms with van der Waals surface area (Å²) in [5.41, 5.74) is -0.350. The molecule has 18 heavy (non-hydrogen) atoms. The summed E-state index contributed by atoms with van der Waals surface area (Å²) in [6.45, 7) is 5.72. The van der Waals surface area contributed by atoms with Gasteiger partial charge in [0.1, 0.15) is 6.54 Å². The number of rotatable bonds is 5. The van der Waals surface area contributed by atoms with Crippen LogP contribution in [0.4, 0.5) is 0 Å². The smallest absolute Gasteiger partial charge is 0.323 e. The number of carboxylic acid groups (broad SMARTS) is 1. The number of hydrogen-bond acceptors (Lipinski definition) is 2. The highest BCUT2D eigenvalue weighted by Gasteiger charge is 2.39. The lowest BCUT2D eigenvalue weighted by Crippen LogP contribution is -2.49. The minimum atomic E-state index is -0.928. The Bertz CT molecular complexity index is 308. The van der Waals surface area contributed by atoms with Crippen LogP contribution in [-0.2, 0) is 9.59 Å². The van der Waals surface area contributed by atoms with Gasteiger partial charge >= 0.3 is 5.97 Å². The Labute approximate surface area is 109 Å². The van der Waals surface area contributed by atoms with E-state index >= 15 is 0 Å². The van der Waals surface area contributed by atoms with Crippen molar-refractivity contribution in [3.63, 3.8) is 0 Å². The van der Waals surface area contributed by atoms with Gasteiger partial charge in [-0.3, -0.25) is 9.59 Å². The van der Waals surface area contributed by atoms with Crippen molar-refractivity contribution in [1.29, 1.82) is 0 Å². The highest BCUT2D eigenvalue weighted by molar-refractivity contribution is 5.86. The van der Waals surface area contributed by atoms with Crippen LogP contribution in [0.2, 0.25) is 0 Å². The van der Waals surface area contributed by atoms with E-state index in [0.29, 0.717) is 0 Å². The van der Waals surface area contributed by atoms with Crippen LogP contribution in [0.15, 0.2) is 0 Å². The predicted octanol–water partition coefficient (Wildman–Crippen LogP) is 2.67. The van der Waals surface area contributed by atoms with Gasteiger partial charge in [-0.2, -0.15) is 0 Å². The Balaban J connectivity index is 2.83. The van der Waals surface area contributed by atoms with Crippen molar-refractivity contribution in [1.82, 2.24) is 4.90 Å². The number of aliphatic carboxylic acids is 1. The molecule has 1 amide bonds. The fourth-order valence-electron chi connectivity index (χ4n) is 2.69. The molecular formula is C14H25NO3. The Morgan fingerprint density at radius 1 is 1.28 bits per heavy atom. The molecule has 0 saturated heterocycles. The van der Waals surface area contributed by atoms with E-state index in [4.69, 9.17) is 5.11 Å². The van der Waals surface area contributed by atoms with E-state index in [9.17, 15) is 9.59 Å². The standard InChI is InChI=1S/C14H25NO3/c1-4-11(2)15(10-12(16)17)13(18)14(3)8-6-5-7-9-14/h11H,4-10H2,1-3H3,(H,16,17). The fourth-order valence-corrected chi connectivity index (χ4v) is 2.69. The molecule has 1 N–H and O–H groups in total. The Morgan fingerprint density at radius 2 is 1.83 bits per heavy atom. The molecule has 0 bridgehead atoms. The van der Waals surface area contributed by atoms with E-state index in [1.165, 1.54) is 6.42 Å². The first kappa shape index (κ1) is 15.0. The number of carbonyl (C=O) groups excluding carboxylic acids is 1. The van der Waals surface area contributed by atoms with E-state index in [1.54, 1.807) is 4.90 Å². The average molecular weight is 255 g/mol. The monoisotopic (exact) mass is 255 g/mol. The second-order valence-electron chi connectivity index (χ2n) is 5.71. The SMILES string of the molecule is CCC(C)N(CC(=O)O)C(=O)C1(C)CCCCC1. The largest absolute Gasteiger partial charge is 0.480 e. The lowest BCUT2D eigenvalue weighted by atomic mass is 9.74. The fraction of sp³-hybridized carbons (Fsp3) is 0.857. The molecular weight excluding hydrogens is 230 g/mol. The molecule has 0 aromatic carbocycles. The minimum absolute atomic E-state index is 0.00708. The first-order valence-electron chi connectivity index (χ1n) is 6.93. The van der Waals surface area contributed by atoms with Gasteiger partial charge in [0.25, 0.3) is 0 Å². The van der Waals surface area contributed by atoms with Crippen LogP contribution in [0, 0.1) is 5.41 Å². The maximum absolute atomic E-state index is 12.6. The van der Waals surface area contributed by atoms with E-state index in [0.717, 1.165) is 32.1 Å². The second-order valence-corrected chi connectivity index (χ2v) is 5.71. The molecule has 1 fully saturated rings. The van der Waals surface area contributed by atoms with Crippen LogP contribution in [0.5, 0.6) is 0 Å². The van der Waals surface area contributed by atoms with Crippen molar-refractivity contribution in [2.45, 2.75) is 65.3 Å². The minimum Gasteiger partial charge on any atom is -0.480 e. The van der Waals surface area contributed by atoms with E-state index < -0.39 is 5.97 Å². The third-order valence-electron chi connectivity index (χ3n) is 4.16. The zero-order valence-corrected chi connectivity index (χ0v) is 11.7. The van der Waals surface area contributed by atoms with Gasteiger partial charge in [-0.15, -0.1) is 0 Å². The van der Waals surface area contributed by atoms with E-state index in [2.05, 4.69) is 0 Å². The zero-order chi connectivity index (χ0) is 13.8. The second kappa shape index (κ2) is 6.21. The number of hydrogen-bond donors (Lipinski definition) is 1. The number of nitrogens with zero attached hydrogens (tertiary/aromatic N) is 1. The van der Waals surface area contributed by atoms with Gasteiger partial charge in [-0.25, -0.2) is 0 Å². The average Bonchev–Trinajstić information content (AvgIpc) is 2.35. The van der Waals surface area contributed by atoms with Gasteiger partial charge in [0.05, 0.1) is 0 Å². The van der Waals surface area contributed by atoms with Gasteiger partial charge in [0.15, 0.2) is 0 Å². The molecule has 1 aliphatic carbocycles. The molecule has 1 saturated carbocycles. The lowest BCUT2D eigenvalue weighted by molar-refractivity contribution is -0.152. The molecule has 0 aliphatic heterocycles. The lowest BCUT2D eigenvalue weighted by Gasteiger charge is -2.39. The summed E-state index contributed by atoms with van der Waals surface area (Å²) in [6.07, 6.45) is 5.89. The number of carboxylic acids is 1. The summed E-state index contributed by atoms with van der Waals surface area (Å²) < 4.78 is 0. The molecule has 1 rings (SSSR count). The highest BCUT2D eigenvalue weighted by atomic mass is 16.4. The molecule has 0 heterocycles. The van der Waals surface area contributed by atoms with Crippen molar-refractivity contribution in [2.24, 2.45) is 5.41 Å². The topological polar surface area (TPSA) is 57.6 Å². The predicted molar refractivity (Wildman–Crippen MR) is 70.3 cm³/mol. The molecule has 0 aromatic heterocycles. The third-order valence-corrected chi connectivity index (χ3v) is 4.16. The van der Waals surface area contributed by atoms with Crippen molar-refractivity contribution < 1.29 is 14.7 Å². The highest BCUT2D eigenvalue weighted by Crippen LogP contribution is 2.37. The Morgan fingerprint density at radius 3 is 2.28 bits per heavy atom. The first-order valence-corrected chi connectivity index (χ1v) is 6.93. The molecule has 4 nitrogen and oxygen atoms in total. The van der Waals surface area contributed by atoms with Crippen LogP contribution in [0.3, 0.4) is 0 Å². The first-order chi connectivity index (χ1) is 8.40. The van der Waals surface area contributed by atoms with Crippen LogP contribution in [0.25, 0.3) is 0 Å². The Hall–Kier alpha value is -1.06. The van der Waals surface area contributed by atoms with Crippen molar-refractivity contribution in [3.8, 4) is 0 Å². The summed E-state index contributed by atoms with van der Waals surface area (Å²) in [4.78, 5) is 25.1. The summed E-state index contributed by atoms with van der Waals surface area (Å²) in [5, 5.41) is 8.97. The van der Waals surface area contributed by atoms with Crippen LogP contribution in [0.1, 0.15) is 59.3 Å². The van der Waals surface area contributed by atoms with Crippen LogP contribution < -0.4 is 0 Å². The van der Waals surface area contributed by atoms with E-state index in [1.807, 2.05) is 20.8 Å². The van der Waals surface area contributed by atoms with Gasteiger partial charge < -0.3 is 10.0 Å². The van der Waals surface area contributed by atoms with Gasteiger partial charge in [0, 0.05) is 11.5 Å². The number of carbonyl (C=O) groups is 2. The van der Waals surface area contributed by atoms with Crippen LogP contribution in [-0.4, -0.2) is 34.5 Å². The zero-order valence-electron chi connectivity index (χ0n) is 11.7. The molecule has 0 spiro atoms. The van der Waals surface area contributed by atoms with Gasteiger partial charge in [0.2, 0.25) is 5.91 Å². The summed E-state index contributed by atoms with van der Waals surface area (Å²) in [5.74, 6) is -0.901. The van der Waals surface area contributed by atoms with Crippen LogP contribution >= 0.6 is 0 Å². The maximum atomic E-state index is 12.6. The van der Waals surface area contributed by atoms with E-state index in [-0.39, 0.29) is 23.9 Å². The van der Waals surface area contributed by atoms with Gasteiger partial charge in [-0.05, 0) is 26.2 Å². The summed E-state index contributed by atoms with van der Waals surface area (Å²) in [7, 11) is 0. The molecule has 104 valence electrons. The molecule has 0 radical (unpaired) electrons. The molecule has 4 heteroatoms. The molecule has 0 aromatic rings. The Kier molecular flexibility index (Phi) is 5.17. The quantitative estimate of drug-likeness (QED) is 0.821. The normalized spacial score (nSPS) is 20.2. The van der Waals surface area contributed by atoms with Crippen molar-refractivity contribution >= 4 is 11.9 Å². The van der Waals surface area contributed by atoms with Gasteiger partial charge in [-0.1, -0.05) is 33.1 Å². The third kappa shape index (κ3) is 3.47. The number of amides is 1.